The highest BCUT2D eigenvalue weighted by Gasteiger charge is 2.30. The predicted octanol–water partition coefficient (Wildman–Crippen LogP) is 3.16. The Morgan fingerprint density at radius 3 is 2.88 bits per heavy atom. The fraction of sp³-hybridized carbons (Fsp3) is 0.471. The van der Waals surface area contributed by atoms with Gasteiger partial charge in [-0.2, -0.15) is 9.49 Å². The van der Waals surface area contributed by atoms with Gasteiger partial charge in [0.05, 0.1) is 11.7 Å². The number of aryl methyl sites for hydroxylation is 1. The van der Waals surface area contributed by atoms with Crippen molar-refractivity contribution in [3.05, 3.63) is 23.6 Å². The SMILES string of the molecule is CC(C)Nc1ccc(-c2nn3c(c2C(=O)O)OC(C)CCC3)c(F)n1. The number of aromatic nitrogens is 3. The Balaban J connectivity index is 2.08. The van der Waals surface area contributed by atoms with Crippen molar-refractivity contribution in [1.29, 1.82) is 0 Å². The molecule has 0 bridgehead atoms. The Morgan fingerprint density at radius 2 is 2.24 bits per heavy atom. The second kappa shape index (κ2) is 6.70. The summed E-state index contributed by atoms with van der Waals surface area (Å²) in [5.74, 6) is -1.40. The molecule has 3 rings (SSSR count). The molecular weight excluding hydrogens is 327 g/mol. The molecule has 0 saturated heterocycles. The topological polar surface area (TPSA) is 89.3 Å². The summed E-state index contributed by atoms with van der Waals surface area (Å²) >= 11 is 0. The van der Waals surface area contributed by atoms with Crippen molar-refractivity contribution in [2.45, 2.75) is 52.3 Å². The Kier molecular flexibility index (Phi) is 4.61. The van der Waals surface area contributed by atoms with Gasteiger partial charge in [-0.3, -0.25) is 0 Å². The summed E-state index contributed by atoms with van der Waals surface area (Å²) in [4.78, 5) is 15.7. The molecule has 1 aliphatic heterocycles. The van der Waals surface area contributed by atoms with Gasteiger partial charge in [-0.15, -0.1) is 0 Å². The molecule has 2 N–H and O–H groups in total. The van der Waals surface area contributed by atoms with Crippen molar-refractivity contribution >= 4 is 11.8 Å². The number of pyridine rings is 1. The van der Waals surface area contributed by atoms with Crippen LogP contribution >= 0.6 is 0 Å². The highest BCUT2D eigenvalue weighted by atomic mass is 19.1. The molecule has 0 fully saturated rings. The highest BCUT2D eigenvalue weighted by molar-refractivity contribution is 5.97. The molecule has 1 atom stereocenters. The van der Waals surface area contributed by atoms with Gasteiger partial charge in [0, 0.05) is 12.6 Å². The van der Waals surface area contributed by atoms with Crippen molar-refractivity contribution in [3.63, 3.8) is 0 Å². The van der Waals surface area contributed by atoms with Crippen LogP contribution in [0.25, 0.3) is 11.3 Å². The Labute approximate surface area is 144 Å². The molecule has 0 radical (unpaired) electrons. The lowest BCUT2D eigenvalue weighted by atomic mass is 10.1. The second-order valence-corrected chi connectivity index (χ2v) is 6.46. The number of halogens is 1. The van der Waals surface area contributed by atoms with Crippen LogP contribution in [0.5, 0.6) is 5.88 Å². The minimum atomic E-state index is -1.20. The van der Waals surface area contributed by atoms with E-state index in [-0.39, 0.29) is 34.8 Å². The number of carboxylic acids is 1. The summed E-state index contributed by atoms with van der Waals surface area (Å²) in [5, 5.41) is 16.9. The van der Waals surface area contributed by atoms with E-state index in [1.807, 2.05) is 20.8 Å². The molecule has 1 aliphatic rings. The molecular formula is C17H21FN4O3. The zero-order chi connectivity index (χ0) is 18.1. The maximum atomic E-state index is 14.5. The lowest BCUT2D eigenvalue weighted by molar-refractivity contribution is 0.0690. The lowest BCUT2D eigenvalue weighted by Crippen LogP contribution is -2.13. The van der Waals surface area contributed by atoms with Gasteiger partial charge >= 0.3 is 5.97 Å². The molecule has 25 heavy (non-hydrogen) atoms. The summed E-state index contributed by atoms with van der Waals surface area (Å²) < 4.78 is 21.8. The van der Waals surface area contributed by atoms with Crippen LogP contribution in [0.3, 0.4) is 0 Å². The number of hydrogen-bond donors (Lipinski definition) is 2. The molecule has 2 aromatic heterocycles. The first-order chi connectivity index (χ1) is 11.9. The van der Waals surface area contributed by atoms with Gasteiger partial charge in [-0.1, -0.05) is 0 Å². The Hall–Kier alpha value is -2.64. The van der Waals surface area contributed by atoms with Crippen LogP contribution < -0.4 is 10.1 Å². The fourth-order valence-electron chi connectivity index (χ4n) is 2.86. The summed E-state index contributed by atoms with van der Waals surface area (Å²) in [6, 6.07) is 3.20. The first-order valence-electron chi connectivity index (χ1n) is 8.31. The van der Waals surface area contributed by atoms with E-state index in [2.05, 4.69) is 15.4 Å². The summed E-state index contributed by atoms with van der Waals surface area (Å²) in [6.45, 7) is 6.24. The minimum Gasteiger partial charge on any atom is -0.477 e. The van der Waals surface area contributed by atoms with Crippen LogP contribution in [0.4, 0.5) is 10.2 Å². The van der Waals surface area contributed by atoms with E-state index in [0.29, 0.717) is 12.4 Å². The smallest absolute Gasteiger partial charge is 0.343 e. The fourth-order valence-corrected chi connectivity index (χ4v) is 2.86. The first kappa shape index (κ1) is 17.2. The number of ether oxygens (including phenoxy) is 1. The van der Waals surface area contributed by atoms with E-state index in [1.54, 1.807) is 6.07 Å². The summed E-state index contributed by atoms with van der Waals surface area (Å²) in [6.07, 6.45) is 1.50. The van der Waals surface area contributed by atoms with Gasteiger partial charge in [0.25, 0.3) is 0 Å². The van der Waals surface area contributed by atoms with Gasteiger partial charge in [-0.05, 0) is 45.7 Å². The van der Waals surface area contributed by atoms with Crippen LogP contribution in [-0.4, -0.2) is 38.0 Å². The number of anilines is 1. The van der Waals surface area contributed by atoms with Crippen molar-refractivity contribution < 1.29 is 19.0 Å². The van der Waals surface area contributed by atoms with E-state index in [9.17, 15) is 14.3 Å². The number of hydrogen-bond acceptors (Lipinski definition) is 5. The van der Waals surface area contributed by atoms with Gasteiger partial charge < -0.3 is 15.2 Å². The molecule has 0 spiro atoms. The van der Waals surface area contributed by atoms with E-state index in [1.165, 1.54) is 10.7 Å². The molecule has 1 unspecified atom stereocenters. The normalized spacial score (nSPS) is 16.9. The maximum Gasteiger partial charge on any atom is 0.343 e. The molecule has 0 aromatic carbocycles. The number of nitrogens with zero attached hydrogens (tertiary/aromatic N) is 3. The molecule has 0 aliphatic carbocycles. The minimum absolute atomic E-state index is 0.0395. The zero-order valence-corrected chi connectivity index (χ0v) is 14.4. The second-order valence-electron chi connectivity index (χ2n) is 6.46. The molecule has 2 aromatic rings. The zero-order valence-electron chi connectivity index (χ0n) is 14.4. The molecule has 3 heterocycles. The molecule has 7 nitrogen and oxygen atoms in total. The number of carboxylic acid groups (broad SMARTS) is 1. The van der Waals surface area contributed by atoms with E-state index in [0.717, 1.165) is 12.8 Å². The van der Waals surface area contributed by atoms with Crippen LogP contribution in [0.1, 0.15) is 44.0 Å². The highest BCUT2D eigenvalue weighted by Crippen LogP contribution is 2.34. The molecule has 8 heteroatoms. The van der Waals surface area contributed by atoms with Crippen molar-refractivity contribution in [2.24, 2.45) is 0 Å². The predicted molar refractivity (Wildman–Crippen MR) is 90.5 cm³/mol. The largest absolute Gasteiger partial charge is 0.477 e. The van der Waals surface area contributed by atoms with Gasteiger partial charge in [-0.25, -0.2) is 14.5 Å². The maximum absolute atomic E-state index is 14.5. The first-order valence-corrected chi connectivity index (χ1v) is 8.31. The van der Waals surface area contributed by atoms with Crippen LogP contribution in [0.2, 0.25) is 0 Å². The molecule has 134 valence electrons. The van der Waals surface area contributed by atoms with Gasteiger partial charge in [0.15, 0.2) is 0 Å². The lowest BCUT2D eigenvalue weighted by Gasteiger charge is -2.11. The standard InChI is InChI=1S/C17H21FN4O3/c1-9(2)19-12-7-6-11(15(18)20-12)14-13(17(23)24)16-22(21-14)8-4-5-10(3)25-16/h6-7,9-10H,4-5,8H2,1-3H3,(H,19,20)(H,23,24). The summed E-state index contributed by atoms with van der Waals surface area (Å²) in [7, 11) is 0. The molecule has 0 amide bonds. The van der Waals surface area contributed by atoms with Crippen LogP contribution in [-0.2, 0) is 6.54 Å². The average molecular weight is 348 g/mol. The van der Waals surface area contributed by atoms with Gasteiger partial charge in [0.2, 0.25) is 11.8 Å². The number of fused-ring (bicyclic) bond motifs is 1. The summed E-state index contributed by atoms with van der Waals surface area (Å²) in [5.41, 5.74) is -0.0414. The van der Waals surface area contributed by atoms with Gasteiger partial charge in [0.1, 0.15) is 17.1 Å². The average Bonchev–Trinajstić information content (AvgIpc) is 2.75. The van der Waals surface area contributed by atoms with Crippen LogP contribution in [0.15, 0.2) is 12.1 Å². The van der Waals surface area contributed by atoms with E-state index >= 15 is 0 Å². The third-order valence-corrected chi connectivity index (χ3v) is 3.95. The quantitative estimate of drug-likeness (QED) is 0.825. The third kappa shape index (κ3) is 3.42. The third-order valence-electron chi connectivity index (χ3n) is 3.95. The number of rotatable bonds is 4. The van der Waals surface area contributed by atoms with Crippen LogP contribution in [0, 0.1) is 5.95 Å². The Bertz CT molecular complexity index is 803. The van der Waals surface area contributed by atoms with E-state index in [4.69, 9.17) is 4.74 Å². The number of aromatic carboxylic acids is 1. The molecule has 0 saturated carbocycles. The van der Waals surface area contributed by atoms with Crippen molar-refractivity contribution in [1.82, 2.24) is 14.8 Å². The number of nitrogens with one attached hydrogen (secondary N) is 1. The van der Waals surface area contributed by atoms with Crippen molar-refractivity contribution in [3.8, 4) is 17.1 Å². The monoisotopic (exact) mass is 348 g/mol. The van der Waals surface area contributed by atoms with Crippen molar-refractivity contribution in [2.75, 3.05) is 5.32 Å². The Morgan fingerprint density at radius 1 is 1.48 bits per heavy atom. The number of carbonyl (C=O) groups is 1. The van der Waals surface area contributed by atoms with E-state index < -0.39 is 11.9 Å².